The lowest BCUT2D eigenvalue weighted by Crippen LogP contribution is -2.46. The average molecular weight is 334 g/mol. The lowest BCUT2D eigenvalue weighted by Gasteiger charge is -2.25. The second kappa shape index (κ2) is 7.63. The third kappa shape index (κ3) is 4.34. The SMILES string of the molecule is CCCc1nnsc1C(=O)NCC1(O)CSCCSC1. The fourth-order valence-electron chi connectivity index (χ4n) is 1.89. The van der Waals surface area contributed by atoms with Gasteiger partial charge in [-0.1, -0.05) is 17.8 Å². The number of rotatable bonds is 5. The van der Waals surface area contributed by atoms with Crippen LogP contribution in [0.25, 0.3) is 0 Å². The summed E-state index contributed by atoms with van der Waals surface area (Å²) in [5.74, 6) is 3.28. The molecule has 0 radical (unpaired) electrons. The maximum absolute atomic E-state index is 12.2. The van der Waals surface area contributed by atoms with Crippen LogP contribution in [0.2, 0.25) is 0 Å². The molecular formula is C12H19N3O2S3. The Bertz CT molecular complexity index is 445. The number of nitrogens with zero attached hydrogens (tertiary/aromatic N) is 2. The van der Waals surface area contributed by atoms with Crippen LogP contribution >= 0.6 is 35.1 Å². The van der Waals surface area contributed by atoms with E-state index in [0.717, 1.165) is 41.6 Å². The number of aliphatic hydroxyl groups is 1. The minimum absolute atomic E-state index is 0.170. The van der Waals surface area contributed by atoms with Crippen LogP contribution in [-0.4, -0.2) is 55.8 Å². The summed E-state index contributed by atoms with van der Waals surface area (Å²) in [6.07, 6.45) is 1.69. The number of amides is 1. The molecule has 0 bridgehead atoms. The number of carbonyl (C=O) groups excluding carboxylic acids is 1. The molecule has 0 aromatic carbocycles. The highest BCUT2D eigenvalue weighted by Gasteiger charge is 2.30. The van der Waals surface area contributed by atoms with Crippen LogP contribution in [-0.2, 0) is 6.42 Å². The van der Waals surface area contributed by atoms with E-state index in [1.807, 2.05) is 6.92 Å². The molecule has 1 aromatic heterocycles. The van der Waals surface area contributed by atoms with E-state index in [2.05, 4.69) is 14.9 Å². The molecule has 20 heavy (non-hydrogen) atoms. The third-order valence-electron chi connectivity index (χ3n) is 2.94. The number of nitrogens with one attached hydrogen (secondary N) is 1. The standard InChI is InChI=1S/C12H19N3O2S3/c1-2-3-9-10(20-15-14-9)11(16)13-6-12(17)7-18-4-5-19-8-12/h17H,2-8H2,1H3,(H,13,16). The first-order chi connectivity index (χ1) is 9.64. The van der Waals surface area contributed by atoms with E-state index >= 15 is 0 Å². The van der Waals surface area contributed by atoms with Gasteiger partial charge in [0.1, 0.15) is 4.88 Å². The van der Waals surface area contributed by atoms with Gasteiger partial charge in [0.2, 0.25) is 0 Å². The van der Waals surface area contributed by atoms with Crippen LogP contribution in [0, 0.1) is 0 Å². The van der Waals surface area contributed by atoms with Gasteiger partial charge in [0.15, 0.2) is 0 Å². The molecule has 1 aliphatic heterocycles. The molecule has 0 atom stereocenters. The molecular weight excluding hydrogens is 314 g/mol. The lowest BCUT2D eigenvalue weighted by molar-refractivity contribution is 0.0755. The van der Waals surface area contributed by atoms with Gasteiger partial charge in [-0.2, -0.15) is 23.5 Å². The van der Waals surface area contributed by atoms with Crippen molar-refractivity contribution >= 4 is 41.0 Å². The molecule has 2 rings (SSSR count). The first kappa shape index (κ1) is 16.1. The average Bonchev–Trinajstić information content (AvgIpc) is 2.78. The predicted octanol–water partition coefficient (Wildman–Crippen LogP) is 1.43. The molecule has 0 unspecified atom stereocenters. The number of aryl methyl sites for hydroxylation is 1. The summed E-state index contributed by atoms with van der Waals surface area (Å²) in [5.41, 5.74) is -0.0588. The maximum Gasteiger partial charge on any atom is 0.265 e. The van der Waals surface area contributed by atoms with Crippen LogP contribution in [0.15, 0.2) is 0 Å². The summed E-state index contributed by atoms with van der Waals surface area (Å²) in [5, 5.41) is 17.3. The Morgan fingerprint density at radius 2 is 2.10 bits per heavy atom. The van der Waals surface area contributed by atoms with Gasteiger partial charge in [0.25, 0.3) is 5.91 Å². The van der Waals surface area contributed by atoms with Crippen LogP contribution in [0.4, 0.5) is 0 Å². The number of hydrogen-bond donors (Lipinski definition) is 2. The lowest BCUT2D eigenvalue weighted by atomic mass is 10.1. The molecule has 1 aliphatic rings. The van der Waals surface area contributed by atoms with E-state index in [-0.39, 0.29) is 12.5 Å². The van der Waals surface area contributed by atoms with Crippen molar-refractivity contribution in [2.75, 3.05) is 29.6 Å². The minimum Gasteiger partial charge on any atom is -0.386 e. The van der Waals surface area contributed by atoms with Gasteiger partial charge >= 0.3 is 0 Å². The highest BCUT2D eigenvalue weighted by molar-refractivity contribution is 8.03. The van der Waals surface area contributed by atoms with E-state index in [1.54, 1.807) is 23.5 Å². The van der Waals surface area contributed by atoms with Crippen molar-refractivity contribution in [2.24, 2.45) is 0 Å². The Hall–Kier alpha value is -0.310. The molecule has 0 aliphatic carbocycles. The molecule has 0 spiro atoms. The monoisotopic (exact) mass is 333 g/mol. The summed E-state index contributed by atoms with van der Waals surface area (Å²) < 4.78 is 3.85. The van der Waals surface area contributed by atoms with Gasteiger partial charge in [0, 0.05) is 29.6 Å². The molecule has 5 nitrogen and oxygen atoms in total. The van der Waals surface area contributed by atoms with Gasteiger partial charge in [-0.05, 0) is 18.0 Å². The van der Waals surface area contributed by atoms with Crippen molar-refractivity contribution in [3.05, 3.63) is 10.6 Å². The first-order valence-corrected chi connectivity index (χ1v) is 9.70. The highest BCUT2D eigenvalue weighted by atomic mass is 32.2. The number of thioether (sulfide) groups is 2. The van der Waals surface area contributed by atoms with Crippen molar-refractivity contribution in [3.8, 4) is 0 Å². The zero-order valence-corrected chi connectivity index (χ0v) is 13.9. The Labute approximate surface area is 131 Å². The van der Waals surface area contributed by atoms with Gasteiger partial charge in [0.05, 0.1) is 11.3 Å². The van der Waals surface area contributed by atoms with Crippen LogP contribution in [0.3, 0.4) is 0 Å². The van der Waals surface area contributed by atoms with Crippen molar-refractivity contribution in [2.45, 2.75) is 25.4 Å². The molecule has 1 aromatic rings. The fourth-order valence-corrected chi connectivity index (χ4v) is 5.05. The van der Waals surface area contributed by atoms with Crippen molar-refractivity contribution in [1.82, 2.24) is 14.9 Å². The van der Waals surface area contributed by atoms with Crippen molar-refractivity contribution < 1.29 is 9.90 Å². The van der Waals surface area contributed by atoms with Gasteiger partial charge < -0.3 is 10.4 Å². The molecule has 1 saturated heterocycles. The molecule has 0 saturated carbocycles. The minimum atomic E-state index is -0.815. The summed E-state index contributed by atoms with van der Waals surface area (Å²) in [7, 11) is 0. The molecule has 8 heteroatoms. The van der Waals surface area contributed by atoms with Crippen molar-refractivity contribution in [3.63, 3.8) is 0 Å². The normalized spacial score (nSPS) is 18.5. The summed E-state index contributed by atoms with van der Waals surface area (Å²) in [6.45, 7) is 2.33. The Balaban J connectivity index is 1.92. The topological polar surface area (TPSA) is 75.1 Å². The van der Waals surface area contributed by atoms with E-state index in [0.29, 0.717) is 16.4 Å². The highest BCUT2D eigenvalue weighted by Crippen LogP contribution is 2.24. The summed E-state index contributed by atoms with van der Waals surface area (Å²) in [4.78, 5) is 12.7. The Kier molecular flexibility index (Phi) is 6.13. The van der Waals surface area contributed by atoms with Crippen LogP contribution in [0.5, 0.6) is 0 Å². The zero-order chi connectivity index (χ0) is 14.4. The van der Waals surface area contributed by atoms with Gasteiger partial charge in [-0.3, -0.25) is 4.79 Å². The zero-order valence-electron chi connectivity index (χ0n) is 11.4. The van der Waals surface area contributed by atoms with Crippen molar-refractivity contribution in [1.29, 1.82) is 0 Å². The first-order valence-electron chi connectivity index (χ1n) is 6.62. The second-order valence-corrected chi connectivity index (χ2v) is 7.78. The number of hydrogen-bond acceptors (Lipinski definition) is 7. The molecule has 2 N–H and O–H groups in total. The Morgan fingerprint density at radius 3 is 2.75 bits per heavy atom. The largest absolute Gasteiger partial charge is 0.386 e. The fraction of sp³-hybridized carbons (Fsp3) is 0.750. The smallest absolute Gasteiger partial charge is 0.265 e. The van der Waals surface area contributed by atoms with Gasteiger partial charge in [-0.15, -0.1) is 5.10 Å². The van der Waals surface area contributed by atoms with Crippen LogP contribution < -0.4 is 5.32 Å². The van der Waals surface area contributed by atoms with Gasteiger partial charge in [-0.25, -0.2) is 0 Å². The quantitative estimate of drug-likeness (QED) is 0.849. The molecule has 1 amide bonds. The van der Waals surface area contributed by atoms with E-state index < -0.39 is 5.60 Å². The van der Waals surface area contributed by atoms with Crippen LogP contribution in [0.1, 0.15) is 28.7 Å². The maximum atomic E-state index is 12.2. The summed E-state index contributed by atoms with van der Waals surface area (Å²) in [6, 6.07) is 0. The predicted molar refractivity (Wildman–Crippen MR) is 85.8 cm³/mol. The molecule has 112 valence electrons. The Morgan fingerprint density at radius 1 is 1.40 bits per heavy atom. The third-order valence-corrected chi connectivity index (χ3v) is 6.43. The molecule has 1 fully saturated rings. The molecule has 2 heterocycles. The number of aromatic nitrogens is 2. The number of carbonyl (C=O) groups is 1. The summed E-state index contributed by atoms with van der Waals surface area (Å²) >= 11 is 4.60. The van der Waals surface area contributed by atoms with E-state index in [9.17, 15) is 9.90 Å². The second-order valence-electron chi connectivity index (χ2n) is 4.81. The van der Waals surface area contributed by atoms with E-state index in [1.165, 1.54) is 0 Å². The van der Waals surface area contributed by atoms with E-state index in [4.69, 9.17) is 0 Å².